The summed E-state index contributed by atoms with van der Waals surface area (Å²) in [7, 11) is 2.13. The maximum Gasteiger partial charge on any atom is 0.255 e. The van der Waals surface area contributed by atoms with Crippen LogP contribution in [0.1, 0.15) is 11.5 Å². The highest BCUT2D eigenvalue weighted by Crippen LogP contribution is 2.21. The number of piperazine rings is 1. The molecule has 6 heteroatoms. The molecule has 6 nitrogen and oxygen atoms in total. The third-order valence-corrected chi connectivity index (χ3v) is 5.06. The van der Waals surface area contributed by atoms with E-state index in [1.807, 2.05) is 43.5 Å². The quantitative estimate of drug-likeness (QED) is 0.771. The predicted molar refractivity (Wildman–Crippen MR) is 110 cm³/mol. The molecule has 2 aliphatic rings. The molecule has 1 saturated heterocycles. The molecule has 1 fully saturated rings. The minimum Gasteiger partial charge on any atom is -0.441 e. The van der Waals surface area contributed by atoms with E-state index in [1.165, 1.54) is 0 Å². The van der Waals surface area contributed by atoms with E-state index in [2.05, 4.69) is 28.4 Å². The molecule has 144 valence electrons. The van der Waals surface area contributed by atoms with Gasteiger partial charge < -0.3 is 14.2 Å². The number of allylic oxidation sites excluding steroid dienone is 2. The van der Waals surface area contributed by atoms with E-state index in [-0.39, 0.29) is 5.91 Å². The van der Waals surface area contributed by atoms with Gasteiger partial charge >= 0.3 is 0 Å². The minimum atomic E-state index is -0.130. The third kappa shape index (κ3) is 3.77. The summed E-state index contributed by atoms with van der Waals surface area (Å²) in [6.07, 6.45) is 9.15. The van der Waals surface area contributed by atoms with E-state index in [4.69, 9.17) is 4.42 Å². The average molecular weight is 376 g/mol. The number of oxazole rings is 1. The lowest BCUT2D eigenvalue weighted by Crippen LogP contribution is -2.44. The number of amides is 1. The molecule has 0 N–H and O–H groups in total. The normalized spacial score (nSPS) is 18.4. The Balaban J connectivity index is 1.49. The topological polar surface area (TPSA) is 52.8 Å². The van der Waals surface area contributed by atoms with Crippen LogP contribution in [0.3, 0.4) is 0 Å². The van der Waals surface area contributed by atoms with Gasteiger partial charge in [-0.3, -0.25) is 9.69 Å². The average Bonchev–Trinajstić information content (AvgIpc) is 3.06. The van der Waals surface area contributed by atoms with Gasteiger partial charge in [0.05, 0.1) is 5.70 Å². The number of carbonyl (C=O) groups excluding carboxylic acids is 1. The number of hydrogen-bond acceptors (Lipinski definition) is 5. The number of rotatable bonds is 3. The van der Waals surface area contributed by atoms with Crippen LogP contribution in [0.15, 0.2) is 65.0 Å². The van der Waals surface area contributed by atoms with Crippen LogP contribution in [0.5, 0.6) is 0 Å². The zero-order valence-electron chi connectivity index (χ0n) is 16.3. The second kappa shape index (κ2) is 7.48. The smallest absolute Gasteiger partial charge is 0.255 e. The lowest BCUT2D eigenvalue weighted by Gasteiger charge is -2.36. The second-order valence-corrected chi connectivity index (χ2v) is 7.17. The maximum atomic E-state index is 12.8. The van der Waals surface area contributed by atoms with Crippen molar-refractivity contribution in [2.45, 2.75) is 6.92 Å². The Hall–Kier alpha value is -3.12. The molecular formula is C22H24N4O2. The van der Waals surface area contributed by atoms with E-state index in [9.17, 15) is 4.79 Å². The summed E-state index contributed by atoms with van der Waals surface area (Å²) < 4.78 is 5.56. The monoisotopic (exact) mass is 376 g/mol. The fraction of sp³-hybridized carbons (Fsp3) is 0.273. The molecule has 1 aromatic carbocycles. The Morgan fingerprint density at radius 3 is 2.79 bits per heavy atom. The van der Waals surface area contributed by atoms with Crippen LogP contribution in [-0.4, -0.2) is 58.8 Å². The van der Waals surface area contributed by atoms with Crippen LogP contribution in [0.25, 0.3) is 17.2 Å². The number of likely N-dealkylation sites (N-methyl/N-ethyl adjacent to an activating group) is 1. The van der Waals surface area contributed by atoms with Crippen molar-refractivity contribution in [1.82, 2.24) is 19.7 Å². The molecule has 0 atom stereocenters. The summed E-state index contributed by atoms with van der Waals surface area (Å²) in [6, 6.07) is 5.70. The minimum absolute atomic E-state index is 0.130. The Kier molecular flexibility index (Phi) is 4.88. The number of aromatic nitrogens is 1. The Bertz CT molecular complexity index is 1010. The van der Waals surface area contributed by atoms with E-state index in [0.29, 0.717) is 11.6 Å². The first-order chi connectivity index (χ1) is 13.5. The standard InChI is InChI=1S/C22H24N4O2/c1-16-4-7-19(25-12-10-24(3)11-13-25)15-26(16)22(27)9-6-18-5-8-20-21(14-18)28-17(2)23-20/h4-9,14-15H,1,10-13H2,2-3H3. The highest BCUT2D eigenvalue weighted by molar-refractivity contribution is 5.94. The lowest BCUT2D eigenvalue weighted by molar-refractivity contribution is -0.122. The number of nitrogens with zero attached hydrogens (tertiary/aromatic N) is 4. The van der Waals surface area contributed by atoms with Crippen LogP contribution < -0.4 is 0 Å². The molecule has 2 aliphatic heterocycles. The van der Waals surface area contributed by atoms with Gasteiger partial charge in [-0.05, 0) is 43.0 Å². The summed E-state index contributed by atoms with van der Waals surface area (Å²) in [5.41, 5.74) is 4.12. The summed E-state index contributed by atoms with van der Waals surface area (Å²) in [5, 5.41) is 0. The van der Waals surface area contributed by atoms with Gasteiger partial charge in [0, 0.05) is 51.1 Å². The van der Waals surface area contributed by atoms with Crippen molar-refractivity contribution in [2.24, 2.45) is 0 Å². The van der Waals surface area contributed by atoms with E-state index in [0.717, 1.165) is 48.5 Å². The number of hydrogen-bond donors (Lipinski definition) is 0. The van der Waals surface area contributed by atoms with Gasteiger partial charge in [0.25, 0.3) is 5.91 Å². The summed E-state index contributed by atoms with van der Waals surface area (Å²) in [4.78, 5) is 23.3. The van der Waals surface area contributed by atoms with Crippen molar-refractivity contribution in [3.05, 3.63) is 72.1 Å². The van der Waals surface area contributed by atoms with Crippen LogP contribution in [0, 0.1) is 6.92 Å². The number of fused-ring (bicyclic) bond motifs is 1. The van der Waals surface area contributed by atoms with Gasteiger partial charge in [0.15, 0.2) is 11.5 Å². The molecule has 0 bridgehead atoms. The van der Waals surface area contributed by atoms with Crippen molar-refractivity contribution in [1.29, 1.82) is 0 Å². The lowest BCUT2D eigenvalue weighted by atomic mass is 10.1. The molecule has 1 amide bonds. The Labute approximate surface area is 164 Å². The van der Waals surface area contributed by atoms with Gasteiger partial charge in [0.2, 0.25) is 0 Å². The zero-order valence-corrected chi connectivity index (χ0v) is 16.3. The van der Waals surface area contributed by atoms with Gasteiger partial charge in [-0.25, -0.2) is 4.98 Å². The maximum absolute atomic E-state index is 12.8. The van der Waals surface area contributed by atoms with Crippen LogP contribution in [0.2, 0.25) is 0 Å². The molecule has 4 rings (SSSR count). The van der Waals surface area contributed by atoms with Crippen molar-refractivity contribution in [3.63, 3.8) is 0 Å². The number of aryl methyl sites for hydroxylation is 1. The van der Waals surface area contributed by atoms with E-state index >= 15 is 0 Å². The second-order valence-electron chi connectivity index (χ2n) is 7.17. The van der Waals surface area contributed by atoms with Gasteiger partial charge in [-0.2, -0.15) is 0 Å². The van der Waals surface area contributed by atoms with Gasteiger partial charge in [-0.15, -0.1) is 0 Å². The van der Waals surface area contributed by atoms with Crippen molar-refractivity contribution >= 4 is 23.1 Å². The van der Waals surface area contributed by atoms with Gasteiger partial charge in [0.1, 0.15) is 5.52 Å². The van der Waals surface area contributed by atoms with Crippen molar-refractivity contribution in [2.75, 3.05) is 33.2 Å². The summed E-state index contributed by atoms with van der Waals surface area (Å²) >= 11 is 0. The fourth-order valence-electron chi connectivity index (χ4n) is 3.38. The largest absolute Gasteiger partial charge is 0.441 e. The summed E-state index contributed by atoms with van der Waals surface area (Å²) in [6.45, 7) is 9.75. The highest BCUT2D eigenvalue weighted by atomic mass is 16.3. The Morgan fingerprint density at radius 1 is 1.21 bits per heavy atom. The zero-order chi connectivity index (χ0) is 19.7. The van der Waals surface area contributed by atoms with E-state index in [1.54, 1.807) is 17.1 Å². The molecule has 0 saturated carbocycles. The SMILES string of the molecule is C=C1C=CC(N2CCN(C)CC2)=CN1C(=O)C=Cc1ccc2nc(C)oc2c1. The van der Waals surface area contributed by atoms with Crippen LogP contribution in [-0.2, 0) is 4.79 Å². The molecular weight excluding hydrogens is 352 g/mol. The molecule has 0 aliphatic carbocycles. The molecule has 2 aromatic rings. The number of benzene rings is 1. The fourth-order valence-corrected chi connectivity index (χ4v) is 3.38. The highest BCUT2D eigenvalue weighted by Gasteiger charge is 2.20. The first-order valence-corrected chi connectivity index (χ1v) is 9.40. The first-order valence-electron chi connectivity index (χ1n) is 9.40. The molecule has 0 radical (unpaired) electrons. The molecule has 0 unspecified atom stereocenters. The van der Waals surface area contributed by atoms with Crippen LogP contribution >= 0.6 is 0 Å². The van der Waals surface area contributed by atoms with Crippen molar-refractivity contribution < 1.29 is 9.21 Å². The Morgan fingerprint density at radius 2 is 2.00 bits per heavy atom. The first kappa shape index (κ1) is 18.3. The van der Waals surface area contributed by atoms with Crippen LogP contribution in [0.4, 0.5) is 0 Å². The molecule has 1 aromatic heterocycles. The third-order valence-electron chi connectivity index (χ3n) is 5.06. The molecule has 28 heavy (non-hydrogen) atoms. The number of carbonyl (C=O) groups is 1. The summed E-state index contributed by atoms with van der Waals surface area (Å²) in [5.74, 6) is 0.500. The molecule has 3 heterocycles. The predicted octanol–water partition coefficient (Wildman–Crippen LogP) is 3.15. The van der Waals surface area contributed by atoms with E-state index < -0.39 is 0 Å². The molecule has 0 spiro atoms. The van der Waals surface area contributed by atoms with Gasteiger partial charge in [-0.1, -0.05) is 12.6 Å². The van der Waals surface area contributed by atoms with Crippen molar-refractivity contribution in [3.8, 4) is 0 Å².